The number of anilines is 1. The highest BCUT2D eigenvalue weighted by Crippen LogP contribution is 2.08. The van der Waals surface area contributed by atoms with E-state index in [1.807, 2.05) is 44.2 Å². The summed E-state index contributed by atoms with van der Waals surface area (Å²) < 4.78 is 5.45. The first kappa shape index (κ1) is 12.6. The predicted molar refractivity (Wildman–Crippen MR) is 75.5 cm³/mol. The van der Waals surface area contributed by atoms with Gasteiger partial charge in [0.15, 0.2) is 5.11 Å². The fourth-order valence-corrected chi connectivity index (χ4v) is 1.66. The lowest BCUT2D eigenvalue weighted by Gasteiger charge is -2.08. The Hall–Kier alpha value is -1.88. The zero-order valence-corrected chi connectivity index (χ0v) is 11.2. The minimum absolute atomic E-state index is 0.480. The van der Waals surface area contributed by atoms with Crippen molar-refractivity contribution in [2.45, 2.75) is 20.4 Å². The molecule has 0 saturated heterocycles. The zero-order valence-electron chi connectivity index (χ0n) is 10.4. The summed E-state index contributed by atoms with van der Waals surface area (Å²) in [7, 11) is 0. The quantitative estimate of drug-likeness (QED) is 0.832. The van der Waals surface area contributed by atoms with E-state index in [1.54, 1.807) is 0 Å². The van der Waals surface area contributed by atoms with Gasteiger partial charge in [0.25, 0.3) is 0 Å². The second-order valence-corrected chi connectivity index (χ2v) is 4.33. The Morgan fingerprint density at radius 1 is 1.28 bits per heavy atom. The third-order valence-corrected chi connectivity index (χ3v) is 2.75. The van der Waals surface area contributed by atoms with Gasteiger partial charge in [-0.25, -0.2) is 4.98 Å². The lowest BCUT2D eigenvalue weighted by atomic mass is 10.3. The third kappa shape index (κ3) is 3.30. The molecule has 2 rings (SSSR count). The minimum atomic E-state index is 0.480. The minimum Gasteiger partial charge on any atom is -0.444 e. The van der Waals surface area contributed by atoms with E-state index >= 15 is 0 Å². The number of thiocarbonyl (C=S) groups is 1. The number of rotatable bonds is 3. The average Bonchev–Trinajstić information content (AvgIpc) is 2.68. The van der Waals surface area contributed by atoms with Crippen LogP contribution in [0.15, 0.2) is 34.7 Å². The van der Waals surface area contributed by atoms with E-state index < -0.39 is 0 Å². The van der Waals surface area contributed by atoms with Crippen molar-refractivity contribution in [1.29, 1.82) is 0 Å². The zero-order chi connectivity index (χ0) is 13.0. The maximum atomic E-state index is 5.45. The van der Waals surface area contributed by atoms with Crippen LogP contribution in [0.3, 0.4) is 0 Å². The van der Waals surface area contributed by atoms with Crippen LogP contribution in [0.4, 0.5) is 5.69 Å². The van der Waals surface area contributed by atoms with Crippen molar-refractivity contribution >= 4 is 23.0 Å². The first-order valence-electron chi connectivity index (χ1n) is 5.68. The number of nitrogens with zero attached hydrogens (tertiary/aromatic N) is 1. The Morgan fingerprint density at radius 2 is 2.00 bits per heavy atom. The summed E-state index contributed by atoms with van der Waals surface area (Å²) in [5.41, 5.74) is 1.86. The highest BCUT2D eigenvalue weighted by molar-refractivity contribution is 7.80. The van der Waals surface area contributed by atoms with Gasteiger partial charge in [-0.2, -0.15) is 0 Å². The monoisotopic (exact) mass is 261 g/mol. The lowest BCUT2D eigenvalue weighted by molar-refractivity contribution is 0.465. The topological polar surface area (TPSA) is 50.1 Å². The van der Waals surface area contributed by atoms with Gasteiger partial charge in [0.05, 0.1) is 12.2 Å². The molecular formula is C13H15N3OS. The first-order valence-corrected chi connectivity index (χ1v) is 6.09. The molecule has 0 fully saturated rings. The van der Waals surface area contributed by atoms with Crippen LogP contribution in [0.1, 0.15) is 17.3 Å². The van der Waals surface area contributed by atoms with Gasteiger partial charge in [-0.15, -0.1) is 0 Å². The summed E-state index contributed by atoms with van der Waals surface area (Å²) in [4.78, 5) is 4.27. The van der Waals surface area contributed by atoms with Gasteiger partial charge in [-0.05, 0) is 38.2 Å². The van der Waals surface area contributed by atoms with Crippen LogP contribution in [-0.4, -0.2) is 10.1 Å². The molecule has 1 heterocycles. The van der Waals surface area contributed by atoms with Crippen molar-refractivity contribution in [1.82, 2.24) is 10.3 Å². The lowest BCUT2D eigenvalue weighted by Crippen LogP contribution is -2.27. The number of aryl methyl sites for hydroxylation is 2. The second-order valence-electron chi connectivity index (χ2n) is 3.92. The molecule has 4 nitrogen and oxygen atoms in total. The second kappa shape index (κ2) is 5.64. The van der Waals surface area contributed by atoms with Crippen LogP contribution in [0.25, 0.3) is 0 Å². The smallest absolute Gasteiger partial charge is 0.214 e. The molecule has 0 atom stereocenters. The first-order chi connectivity index (χ1) is 8.65. The molecule has 2 aromatic rings. The predicted octanol–water partition coefficient (Wildman–Crippen LogP) is 2.78. The Labute approximate surface area is 111 Å². The van der Waals surface area contributed by atoms with Crippen LogP contribution in [-0.2, 0) is 6.54 Å². The molecule has 0 aliphatic rings. The fraction of sp³-hybridized carbons (Fsp3) is 0.231. The Kier molecular flexibility index (Phi) is 3.94. The van der Waals surface area contributed by atoms with Gasteiger partial charge in [-0.3, -0.25) is 0 Å². The van der Waals surface area contributed by atoms with Gasteiger partial charge < -0.3 is 15.1 Å². The molecule has 0 amide bonds. The van der Waals surface area contributed by atoms with Crippen molar-refractivity contribution in [2.24, 2.45) is 0 Å². The van der Waals surface area contributed by atoms with E-state index in [2.05, 4.69) is 15.6 Å². The number of oxazole rings is 1. The Morgan fingerprint density at radius 3 is 2.61 bits per heavy atom. The molecule has 0 spiro atoms. The molecule has 0 bridgehead atoms. The number of hydrogen-bond donors (Lipinski definition) is 2. The number of hydrogen-bond acceptors (Lipinski definition) is 3. The van der Waals surface area contributed by atoms with Crippen LogP contribution >= 0.6 is 12.2 Å². The highest BCUT2D eigenvalue weighted by Gasteiger charge is 2.05. The molecule has 94 valence electrons. The van der Waals surface area contributed by atoms with E-state index in [0.717, 1.165) is 17.1 Å². The van der Waals surface area contributed by atoms with E-state index in [1.165, 1.54) is 0 Å². The summed E-state index contributed by atoms with van der Waals surface area (Å²) in [5, 5.41) is 6.69. The SMILES string of the molecule is Cc1nc(CNC(=S)Nc2ccccc2)oc1C. The number of para-hydroxylation sites is 1. The van der Waals surface area contributed by atoms with Crippen molar-refractivity contribution in [3.05, 3.63) is 47.7 Å². The summed E-state index contributed by atoms with van der Waals surface area (Å²) in [6.07, 6.45) is 0. The van der Waals surface area contributed by atoms with E-state index in [-0.39, 0.29) is 0 Å². The Bertz CT molecular complexity index is 517. The van der Waals surface area contributed by atoms with E-state index in [9.17, 15) is 0 Å². The standard InChI is InChI=1S/C13H15N3OS/c1-9-10(2)17-12(15-9)8-14-13(18)16-11-6-4-3-5-7-11/h3-7H,8H2,1-2H3,(H2,14,16,18). The largest absolute Gasteiger partial charge is 0.444 e. The molecule has 18 heavy (non-hydrogen) atoms. The van der Waals surface area contributed by atoms with Gasteiger partial charge in [0, 0.05) is 5.69 Å². The van der Waals surface area contributed by atoms with Gasteiger partial charge in [0.1, 0.15) is 5.76 Å². The average molecular weight is 261 g/mol. The van der Waals surface area contributed by atoms with Crippen molar-refractivity contribution in [2.75, 3.05) is 5.32 Å². The van der Waals surface area contributed by atoms with Gasteiger partial charge in [-0.1, -0.05) is 18.2 Å². The summed E-state index contributed by atoms with van der Waals surface area (Å²) in [6, 6.07) is 9.76. The normalized spacial score (nSPS) is 10.1. The van der Waals surface area contributed by atoms with Crippen molar-refractivity contribution in [3.8, 4) is 0 Å². The van der Waals surface area contributed by atoms with Crippen molar-refractivity contribution in [3.63, 3.8) is 0 Å². The third-order valence-electron chi connectivity index (χ3n) is 2.50. The molecular weight excluding hydrogens is 246 g/mol. The van der Waals surface area contributed by atoms with Crippen LogP contribution < -0.4 is 10.6 Å². The summed E-state index contributed by atoms with van der Waals surface area (Å²) in [6.45, 7) is 4.29. The number of nitrogens with one attached hydrogen (secondary N) is 2. The van der Waals surface area contributed by atoms with Gasteiger partial charge in [0.2, 0.25) is 5.89 Å². The summed E-state index contributed by atoms with van der Waals surface area (Å²) >= 11 is 5.18. The molecule has 5 heteroatoms. The molecule has 1 aromatic heterocycles. The maximum Gasteiger partial charge on any atom is 0.214 e. The number of benzene rings is 1. The van der Waals surface area contributed by atoms with Crippen LogP contribution in [0.5, 0.6) is 0 Å². The van der Waals surface area contributed by atoms with E-state index in [4.69, 9.17) is 16.6 Å². The van der Waals surface area contributed by atoms with E-state index in [0.29, 0.717) is 17.5 Å². The van der Waals surface area contributed by atoms with Crippen LogP contribution in [0.2, 0.25) is 0 Å². The van der Waals surface area contributed by atoms with Crippen molar-refractivity contribution < 1.29 is 4.42 Å². The molecule has 2 N–H and O–H groups in total. The molecule has 0 radical (unpaired) electrons. The molecule has 1 aromatic carbocycles. The number of aromatic nitrogens is 1. The highest BCUT2D eigenvalue weighted by atomic mass is 32.1. The summed E-state index contributed by atoms with van der Waals surface area (Å²) in [5.74, 6) is 1.48. The molecule has 0 aliphatic carbocycles. The molecule has 0 saturated carbocycles. The maximum absolute atomic E-state index is 5.45. The van der Waals surface area contributed by atoms with Crippen LogP contribution in [0, 0.1) is 13.8 Å². The molecule has 0 unspecified atom stereocenters. The fourth-order valence-electron chi connectivity index (χ4n) is 1.47. The Balaban J connectivity index is 1.85. The molecule has 0 aliphatic heterocycles. The van der Waals surface area contributed by atoms with Gasteiger partial charge >= 0.3 is 0 Å².